The lowest BCUT2D eigenvalue weighted by molar-refractivity contribution is 0.780. The zero-order valence-electron chi connectivity index (χ0n) is 14.6. The van der Waals surface area contributed by atoms with E-state index in [0.29, 0.717) is 4.77 Å². The van der Waals surface area contributed by atoms with Crippen molar-refractivity contribution in [3.05, 3.63) is 77.2 Å². The van der Waals surface area contributed by atoms with Gasteiger partial charge in [0.1, 0.15) is 5.69 Å². The Morgan fingerprint density at radius 2 is 1.93 bits per heavy atom. The first-order chi connectivity index (χ1) is 13.3. The Hall–Kier alpha value is -3.39. The van der Waals surface area contributed by atoms with Gasteiger partial charge in [0.05, 0.1) is 11.9 Å². The lowest BCUT2D eigenvalue weighted by Gasteiger charge is -2.00. The molecule has 0 unspecified atom stereocenters. The van der Waals surface area contributed by atoms with Gasteiger partial charge >= 0.3 is 0 Å². The molecular formula is C19H17N7S. The maximum absolute atomic E-state index is 5.26. The fourth-order valence-electron chi connectivity index (χ4n) is 2.72. The molecule has 0 aliphatic carbocycles. The number of nitrogens with one attached hydrogen (secondary N) is 1. The van der Waals surface area contributed by atoms with Crippen LogP contribution in [0.3, 0.4) is 0 Å². The van der Waals surface area contributed by atoms with Gasteiger partial charge in [-0.2, -0.15) is 20.0 Å². The summed E-state index contributed by atoms with van der Waals surface area (Å²) in [5, 5.41) is 16.2. The standard InChI is InChI=1S/C19H17N7S/c1-2-17-22-23-19(27)26(17)21-12-15-13-25(16-6-4-3-5-7-16)24-18(15)14-8-10-20-11-9-14/h3-13H,2H2,1H3,(H,23,27)/b21-12-. The number of rotatable bonds is 5. The Morgan fingerprint density at radius 3 is 2.67 bits per heavy atom. The number of aromatic amines is 1. The van der Waals surface area contributed by atoms with E-state index in [9.17, 15) is 0 Å². The third kappa shape index (κ3) is 3.47. The molecule has 7 nitrogen and oxygen atoms in total. The average Bonchev–Trinajstić information content (AvgIpc) is 3.31. The Labute approximate surface area is 161 Å². The monoisotopic (exact) mass is 375 g/mol. The van der Waals surface area contributed by atoms with Crippen LogP contribution in [0.2, 0.25) is 0 Å². The minimum Gasteiger partial charge on any atom is -0.265 e. The Kier molecular flexibility index (Phi) is 4.71. The second-order valence-electron chi connectivity index (χ2n) is 5.80. The predicted octanol–water partition coefficient (Wildman–Crippen LogP) is 3.63. The van der Waals surface area contributed by atoms with Crippen LogP contribution in [-0.4, -0.2) is 35.9 Å². The van der Waals surface area contributed by atoms with Crippen LogP contribution in [0.4, 0.5) is 0 Å². The van der Waals surface area contributed by atoms with Gasteiger partial charge in [0.15, 0.2) is 5.82 Å². The summed E-state index contributed by atoms with van der Waals surface area (Å²) in [6.45, 7) is 2.01. The highest BCUT2D eigenvalue weighted by Crippen LogP contribution is 2.22. The Bertz CT molecular complexity index is 1120. The normalized spacial score (nSPS) is 11.3. The average molecular weight is 375 g/mol. The van der Waals surface area contributed by atoms with Crippen LogP contribution in [0, 0.1) is 4.77 Å². The summed E-state index contributed by atoms with van der Waals surface area (Å²) in [6, 6.07) is 13.8. The zero-order chi connectivity index (χ0) is 18.6. The Balaban J connectivity index is 1.81. The summed E-state index contributed by atoms with van der Waals surface area (Å²) in [4.78, 5) is 4.09. The second-order valence-corrected chi connectivity index (χ2v) is 6.19. The van der Waals surface area contributed by atoms with E-state index in [-0.39, 0.29) is 0 Å². The highest BCUT2D eigenvalue weighted by atomic mass is 32.1. The van der Waals surface area contributed by atoms with Crippen molar-refractivity contribution < 1.29 is 0 Å². The minimum atomic E-state index is 0.462. The SMILES string of the molecule is CCc1n[nH]c(=S)n1/N=C\c1cn(-c2ccccc2)nc1-c1ccncc1. The number of benzene rings is 1. The van der Waals surface area contributed by atoms with Gasteiger partial charge < -0.3 is 0 Å². The number of aromatic nitrogens is 6. The molecule has 134 valence electrons. The molecule has 0 radical (unpaired) electrons. The molecule has 0 saturated heterocycles. The molecule has 0 aliphatic heterocycles. The van der Waals surface area contributed by atoms with E-state index in [1.54, 1.807) is 23.3 Å². The first-order valence-corrected chi connectivity index (χ1v) is 8.93. The summed E-state index contributed by atoms with van der Waals surface area (Å²) in [5.41, 5.74) is 3.63. The van der Waals surface area contributed by atoms with Crippen molar-refractivity contribution in [2.45, 2.75) is 13.3 Å². The van der Waals surface area contributed by atoms with Crippen molar-refractivity contribution in [2.75, 3.05) is 0 Å². The lowest BCUT2D eigenvalue weighted by atomic mass is 10.1. The van der Waals surface area contributed by atoms with Gasteiger partial charge in [-0.05, 0) is 36.5 Å². The molecule has 0 atom stereocenters. The largest absolute Gasteiger partial charge is 0.265 e. The number of aryl methyl sites for hydroxylation is 1. The van der Waals surface area contributed by atoms with Crippen LogP contribution in [0.1, 0.15) is 18.3 Å². The molecule has 4 aromatic rings. The number of hydrogen-bond acceptors (Lipinski definition) is 5. The van der Waals surface area contributed by atoms with Gasteiger partial charge in [-0.15, -0.1) is 0 Å². The van der Waals surface area contributed by atoms with E-state index in [1.165, 1.54) is 0 Å². The van der Waals surface area contributed by atoms with Gasteiger partial charge in [0.25, 0.3) is 0 Å². The number of H-pyrrole nitrogens is 1. The Morgan fingerprint density at radius 1 is 1.15 bits per heavy atom. The summed E-state index contributed by atoms with van der Waals surface area (Å²) in [6.07, 6.45) is 7.93. The topological polar surface area (TPSA) is 76.7 Å². The molecule has 3 aromatic heterocycles. The first-order valence-electron chi connectivity index (χ1n) is 8.52. The van der Waals surface area contributed by atoms with Crippen LogP contribution in [0.25, 0.3) is 16.9 Å². The molecule has 0 amide bonds. The van der Waals surface area contributed by atoms with Gasteiger partial charge in [-0.3, -0.25) is 10.1 Å². The molecular weight excluding hydrogens is 358 g/mol. The van der Waals surface area contributed by atoms with Crippen molar-refractivity contribution in [3.8, 4) is 16.9 Å². The zero-order valence-corrected chi connectivity index (χ0v) is 15.5. The summed E-state index contributed by atoms with van der Waals surface area (Å²) in [5.74, 6) is 0.775. The van der Waals surface area contributed by atoms with Gasteiger partial charge in [-0.1, -0.05) is 25.1 Å². The fourth-order valence-corrected chi connectivity index (χ4v) is 2.92. The molecule has 0 bridgehead atoms. The summed E-state index contributed by atoms with van der Waals surface area (Å²) in [7, 11) is 0. The number of hydrogen-bond donors (Lipinski definition) is 1. The molecule has 8 heteroatoms. The van der Waals surface area contributed by atoms with E-state index in [0.717, 1.165) is 34.8 Å². The van der Waals surface area contributed by atoms with Crippen LogP contribution in [0.5, 0.6) is 0 Å². The molecule has 0 spiro atoms. The van der Waals surface area contributed by atoms with E-state index in [4.69, 9.17) is 17.3 Å². The van der Waals surface area contributed by atoms with E-state index in [1.807, 2.05) is 60.3 Å². The first kappa shape index (κ1) is 17.0. The van der Waals surface area contributed by atoms with Crippen LogP contribution in [-0.2, 0) is 6.42 Å². The third-order valence-electron chi connectivity index (χ3n) is 4.06. The molecule has 27 heavy (non-hydrogen) atoms. The molecule has 0 fully saturated rings. The number of pyridine rings is 1. The maximum Gasteiger partial charge on any atom is 0.216 e. The number of nitrogens with zero attached hydrogens (tertiary/aromatic N) is 6. The predicted molar refractivity (Wildman–Crippen MR) is 107 cm³/mol. The highest BCUT2D eigenvalue weighted by Gasteiger charge is 2.11. The van der Waals surface area contributed by atoms with Crippen molar-refractivity contribution in [3.63, 3.8) is 0 Å². The van der Waals surface area contributed by atoms with Crippen LogP contribution >= 0.6 is 12.2 Å². The minimum absolute atomic E-state index is 0.462. The van der Waals surface area contributed by atoms with Crippen molar-refractivity contribution in [1.29, 1.82) is 0 Å². The smallest absolute Gasteiger partial charge is 0.216 e. The highest BCUT2D eigenvalue weighted by molar-refractivity contribution is 7.71. The molecule has 3 heterocycles. The second kappa shape index (κ2) is 7.46. The summed E-state index contributed by atoms with van der Waals surface area (Å²) >= 11 is 5.26. The molecule has 0 aliphatic rings. The summed E-state index contributed by atoms with van der Waals surface area (Å²) < 4.78 is 3.93. The third-order valence-corrected chi connectivity index (χ3v) is 4.33. The quantitative estimate of drug-likeness (QED) is 0.427. The van der Waals surface area contributed by atoms with Crippen molar-refractivity contribution in [2.24, 2.45) is 5.10 Å². The lowest BCUT2D eigenvalue weighted by Crippen LogP contribution is -1.97. The van der Waals surface area contributed by atoms with Gasteiger partial charge in [0, 0.05) is 36.1 Å². The van der Waals surface area contributed by atoms with E-state index >= 15 is 0 Å². The maximum atomic E-state index is 5.26. The fraction of sp³-hybridized carbons (Fsp3) is 0.105. The number of para-hydroxylation sites is 1. The van der Waals surface area contributed by atoms with Gasteiger partial charge in [-0.25, -0.2) is 4.68 Å². The molecule has 1 aromatic carbocycles. The van der Waals surface area contributed by atoms with Crippen molar-refractivity contribution in [1.82, 2.24) is 29.6 Å². The van der Waals surface area contributed by atoms with Crippen molar-refractivity contribution >= 4 is 18.4 Å². The van der Waals surface area contributed by atoms with E-state index in [2.05, 4.69) is 20.3 Å². The molecule has 0 saturated carbocycles. The molecule has 4 rings (SSSR count). The van der Waals surface area contributed by atoms with Gasteiger partial charge in [0.2, 0.25) is 4.77 Å². The molecule has 1 N–H and O–H groups in total. The van der Waals surface area contributed by atoms with E-state index < -0.39 is 0 Å². The van der Waals surface area contributed by atoms with Crippen LogP contribution < -0.4 is 0 Å². The van der Waals surface area contributed by atoms with Crippen LogP contribution in [0.15, 0.2) is 66.2 Å².